The van der Waals surface area contributed by atoms with Crippen LogP contribution in [0.4, 0.5) is 8.78 Å². The maximum absolute atomic E-state index is 13.8. The molecule has 1 atom stereocenters. The van der Waals surface area contributed by atoms with Gasteiger partial charge in [0.05, 0.1) is 16.4 Å². The Labute approximate surface area is 129 Å². The van der Waals surface area contributed by atoms with Crippen molar-refractivity contribution in [1.82, 2.24) is 14.5 Å². The molecule has 0 saturated heterocycles. The van der Waals surface area contributed by atoms with Crippen molar-refractivity contribution in [3.63, 3.8) is 0 Å². The Bertz CT molecular complexity index is 770. The lowest BCUT2D eigenvalue weighted by atomic mass is 10.2. The molecule has 1 aromatic carbocycles. The van der Waals surface area contributed by atoms with Crippen molar-refractivity contribution in [2.24, 2.45) is 0 Å². The predicted octanol–water partition coefficient (Wildman–Crippen LogP) is 4.31. The third kappa shape index (κ3) is 2.65. The Morgan fingerprint density at radius 3 is 2.86 bits per heavy atom. The number of nitrogens with zero attached hydrogens (tertiary/aromatic N) is 3. The number of imidazole rings is 1. The van der Waals surface area contributed by atoms with Crippen molar-refractivity contribution in [2.45, 2.75) is 25.3 Å². The van der Waals surface area contributed by atoms with E-state index in [0.29, 0.717) is 17.9 Å². The molecule has 0 N–H and O–H groups in total. The van der Waals surface area contributed by atoms with Crippen LogP contribution in [-0.4, -0.2) is 14.5 Å². The zero-order valence-electron chi connectivity index (χ0n) is 11.2. The number of alkyl halides is 1. The molecule has 3 aromatic rings. The van der Waals surface area contributed by atoms with Gasteiger partial charge in [-0.1, -0.05) is 6.92 Å². The molecule has 0 fully saturated rings. The van der Waals surface area contributed by atoms with Crippen LogP contribution in [0.25, 0.3) is 11.0 Å². The Hall–Kier alpha value is -1.53. The molecule has 0 aliphatic heterocycles. The first-order chi connectivity index (χ1) is 10.1. The molecule has 3 rings (SSSR count). The molecular weight excluding hydrogens is 316 g/mol. The van der Waals surface area contributed by atoms with Gasteiger partial charge in [0, 0.05) is 30.1 Å². The van der Waals surface area contributed by atoms with Crippen LogP contribution in [-0.2, 0) is 12.4 Å². The highest BCUT2D eigenvalue weighted by atomic mass is 35.5. The highest BCUT2D eigenvalue weighted by Crippen LogP contribution is 2.26. The lowest BCUT2D eigenvalue weighted by Gasteiger charge is -2.12. The van der Waals surface area contributed by atoms with Gasteiger partial charge in [-0.05, 0) is 6.07 Å². The lowest BCUT2D eigenvalue weighted by Crippen LogP contribution is -2.09. The van der Waals surface area contributed by atoms with Crippen molar-refractivity contribution in [1.29, 1.82) is 0 Å². The van der Waals surface area contributed by atoms with E-state index < -0.39 is 11.6 Å². The highest BCUT2D eigenvalue weighted by Gasteiger charge is 2.18. The van der Waals surface area contributed by atoms with Crippen LogP contribution in [0.15, 0.2) is 23.7 Å². The van der Waals surface area contributed by atoms with Crippen molar-refractivity contribution >= 4 is 34.0 Å². The molecule has 0 bridgehead atoms. The molecule has 21 heavy (non-hydrogen) atoms. The van der Waals surface area contributed by atoms with Crippen LogP contribution in [0, 0.1) is 11.6 Å². The summed E-state index contributed by atoms with van der Waals surface area (Å²) in [6.45, 7) is 2.54. The van der Waals surface area contributed by atoms with E-state index in [0.717, 1.165) is 11.1 Å². The molecule has 0 spiro atoms. The maximum Gasteiger partial charge on any atom is 0.153 e. The third-order valence-electron chi connectivity index (χ3n) is 3.30. The van der Waals surface area contributed by atoms with Gasteiger partial charge >= 0.3 is 0 Å². The van der Waals surface area contributed by atoms with Crippen LogP contribution in [0.5, 0.6) is 0 Å². The fourth-order valence-electron chi connectivity index (χ4n) is 2.33. The fourth-order valence-corrected chi connectivity index (χ4v) is 3.23. The van der Waals surface area contributed by atoms with E-state index in [-0.39, 0.29) is 17.3 Å². The van der Waals surface area contributed by atoms with Crippen LogP contribution >= 0.6 is 22.9 Å². The topological polar surface area (TPSA) is 30.7 Å². The molecular formula is C14H12ClF2N3S. The second-order valence-corrected chi connectivity index (χ2v) is 5.99. The second-order valence-electron chi connectivity index (χ2n) is 4.80. The molecule has 0 radical (unpaired) electrons. The van der Waals surface area contributed by atoms with Gasteiger partial charge in [-0.2, -0.15) is 0 Å². The number of hydrogen-bond donors (Lipinski definition) is 0. The van der Waals surface area contributed by atoms with Gasteiger partial charge < -0.3 is 4.57 Å². The molecule has 0 saturated carbocycles. The summed E-state index contributed by atoms with van der Waals surface area (Å²) in [4.78, 5) is 8.45. The molecule has 2 aromatic heterocycles. The molecule has 3 nitrogen and oxygen atoms in total. The number of rotatable bonds is 4. The number of hydrogen-bond acceptors (Lipinski definition) is 3. The smallest absolute Gasteiger partial charge is 0.153 e. The first kappa shape index (κ1) is 14.4. The normalized spacial score (nSPS) is 13.0. The fraction of sp³-hybridized carbons (Fsp3) is 0.286. The lowest BCUT2D eigenvalue weighted by molar-refractivity contribution is 0.582. The molecule has 7 heteroatoms. The van der Waals surface area contributed by atoms with Crippen molar-refractivity contribution in [3.8, 4) is 0 Å². The average molecular weight is 328 g/mol. The first-order valence-corrected chi connectivity index (χ1v) is 7.81. The van der Waals surface area contributed by atoms with E-state index in [2.05, 4.69) is 9.97 Å². The predicted molar refractivity (Wildman–Crippen MR) is 79.7 cm³/mol. The molecule has 110 valence electrons. The van der Waals surface area contributed by atoms with E-state index in [1.165, 1.54) is 6.07 Å². The Morgan fingerprint density at radius 1 is 1.38 bits per heavy atom. The summed E-state index contributed by atoms with van der Waals surface area (Å²) in [6, 6.07) is 2.12. The average Bonchev–Trinajstić information content (AvgIpc) is 3.07. The Morgan fingerprint density at radius 2 is 2.19 bits per heavy atom. The van der Waals surface area contributed by atoms with Gasteiger partial charge in [-0.3, -0.25) is 0 Å². The SMILES string of the molecule is CC(Cn1c(CCl)nc2c(F)cc(F)cc21)c1nccs1. The molecule has 0 aliphatic carbocycles. The minimum Gasteiger partial charge on any atom is -0.326 e. The van der Waals surface area contributed by atoms with E-state index >= 15 is 0 Å². The van der Waals surface area contributed by atoms with Crippen molar-refractivity contribution in [3.05, 3.63) is 46.2 Å². The van der Waals surface area contributed by atoms with E-state index in [9.17, 15) is 8.78 Å². The summed E-state index contributed by atoms with van der Waals surface area (Å²) < 4.78 is 29.1. The Kier molecular flexibility index (Phi) is 3.91. The van der Waals surface area contributed by atoms with Crippen LogP contribution in [0.1, 0.15) is 23.7 Å². The van der Waals surface area contributed by atoms with E-state index in [1.807, 2.05) is 12.3 Å². The summed E-state index contributed by atoms with van der Waals surface area (Å²) in [5.74, 6) is -0.517. The number of fused-ring (bicyclic) bond motifs is 1. The standard InChI is InChI=1S/C14H12ClF2N3S/c1-8(14-18-2-3-21-14)7-20-11-5-9(16)4-10(17)13(11)19-12(20)6-15/h2-5,8H,6-7H2,1H3. The highest BCUT2D eigenvalue weighted by molar-refractivity contribution is 7.09. The summed E-state index contributed by atoms with van der Waals surface area (Å²) in [6.07, 6.45) is 1.74. The zero-order valence-corrected chi connectivity index (χ0v) is 12.8. The van der Waals surface area contributed by atoms with Gasteiger partial charge in [-0.25, -0.2) is 18.7 Å². The first-order valence-electron chi connectivity index (χ1n) is 6.39. The monoisotopic (exact) mass is 327 g/mol. The maximum atomic E-state index is 13.8. The van der Waals surface area contributed by atoms with Crippen LogP contribution < -0.4 is 0 Å². The van der Waals surface area contributed by atoms with Gasteiger partial charge in [0.15, 0.2) is 5.82 Å². The number of aromatic nitrogens is 3. The second kappa shape index (κ2) is 5.69. The summed E-state index contributed by atoms with van der Waals surface area (Å²) in [5, 5.41) is 2.87. The van der Waals surface area contributed by atoms with Gasteiger partial charge in [0.25, 0.3) is 0 Å². The van der Waals surface area contributed by atoms with E-state index in [4.69, 9.17) is 11.6 Å². The largest absolute Gasteiger partial charge is 0.326 e. The van der Waals surface area contributed by atoms with Crippen LogP contribution in [0.3, 0.4) is 0 Å². The summed E-state index contributed by atoms with van der Waals surface area (Å²) >= 11 is 7.44. The minimum atomic E-state index is -0.669. The molecule has 1 unspecified atom stereocenters. The number of halogens is 3. The van der Waals surface area contributed by atoms with Gasteiger partial charge in [0.2, 0.25) is 0 Å². The molecule has 2 heterocycles. The zero-order chi connectivity index (χ0) is 15.0. The molecule has 0 amide bonds. The summed E-state index contributed by atoms with van der Waals surface area (Å²) in [7, 11) is 0. The van der Waals surface area contributed by atoms with Crippen molar-refractivity contribution in [2.75, 3.05) is 0 Å². The quantitative estimate of drug-likeness (QED) is 0.668. The number of thiazole rings is 1. The Balaban J connectivity index is 2.08. The van der Waals surface area contributed by atoms with Crippen molar-refractivity contribution < 1.29 is 8.78 Å². The van der Waals surface area contributed by atoms with Gasteiger partial charge in [-0.15, -0.1) is 22.9 Å². The van der Waals surface area contributed by atoms with Gasteiger partial charge in [0.1, 0.15) is 17.2 Å². The number of benzene rings is 1. The van der Waals surface area contributed by atoms with E-state index in [1.54, 1.807) is 22.1 Å². The summed E-state index contributed by atoms with van der Waals surface area (Å²) in [5.41, 5.74) is 0.574. The minimum absolute atomic E-state index is 0.107. The molecule has 0 aliphatic rings. The van der Waals surface area contributed by atoms with Crippen LogP contribution in [0.2, 0.25) is 0 Å². The third-order valence-corrected chi connectivity index (χ3v) is 4.55.